The minimum absolute atomic E-state index is 0.136. The van der Waals surface area contributed by atoms with Crippen LogP contribution in [0.4, 0.5) is 0 Å². The Morgan fingerprint density at radius 3 is 2.50 bits per heavy atom. The quantitative estimate of drug-likeness (QED) is 0.275. The number of amides is 1. The highest BCUT2D eigenvalue weighted by Crippen LogP contribution is 2.14. The molecule has 0 aliphatic rings. The summed E-state index contributed by atoms with van der Waals surface area (Å²) in [6.45, 7) is 9.12. The summed E-state index contributed by atoms with van der Waals surface area (Å²) in [5, 5.41) is 3.70. The van der Waals surface area contributed by atoms with Crippen LogP contribution in [0, 0.1) is 6.92 Å². The Balaban J connectivity index is 0.000000375. The molecule has 0 radical (unpaired) electrons. The summed E-state index contributed by atoms with van der Waals surface area (Å²) in [6.07, 6.45) is 1.61. The minimum atomic E-state index is -0.500. The van der Waals surface area contributed by atoms with Gasteiger partial charge >= 0.3 is 5.91 Å². The Bertz CT molecular complexity index is 823. The maximum atomic E-state index is 11.5. The van der Waals surface area contributed by atoms with E-state index in [4.69, 9.17) is 21.1 Å². The molecule has 0 saturated carbocycles. The van der Waals surface area contributed by atoms with Crippen molar-refractivity contribution in [2.75, 3.05) is 27.4 Å². The van der Waals surface area contributed by atoms with Gasteiger partial charge < -0.3 is 19.7 Å². The van der Waals surface area contributed by atoms with Crippen LogP contribution >= 0.6 is 11.6 Å². The average Bonchev–Trinajstić information content (AvgIpc) is 2.74. The van der Waals surface area contributed by atoms with Crippen molar-refractivity contribution >= 4 is 24.2 Å². The first-order valence-electron chi connectivity index (χ1n) is 9.52. The topological polar surface area (TPSA) is 63.2 Å². The molecule has 0 spiro atoms. The maximum absolute atomic E-state index is 11.5. The molecule has 6 nitrogen and oxygen atoms in total. The van der Waals surface area contributed by atoms with Crippen molar-refractivity contribution in [3.8, 4) is 5.75 Å². The smallest absolute Gasteiger partial charge is 0.312 e. The standard InChI is InChI=1S/C14H18ClN3O2.C9H12O/c1-16-10-18(9-13(20-3)14(19)17-2)8-11-5-4-6-12(15)7-11;1-3-10-9-6-4-8(2)5-7-9/h4-7,9,16H,2,8,10H2,1,3H3;4-7H,3H2,1-2H3/b13-9+;. The van der Waals surface area contributed by atoms with Crippen LogP contribution in [0.2, 0.25) is 5.02 Å². The Hall–Kier alpha value is -2.83. The van der Waals surface area contributed by atoms with Gasteiger partial charge in [0.15, 0.2) is 0 Å². The number of nitrogens with one attached hydrogen (secondary N) is 1. The largest absolute Gasteiger partial charge is 0.494 e. The molecule has 0 saturated heterocycles. The van der Waals surface area contributed by atoms with Crippen LogP contribution in [-0.2, 0) is 16.1 Å². The molecule has 7 heteroatoms. The molecule has 0 fully saturated rings. The number of aliphatic imine (C=N–C) groups is 1. The highest BCUT2D eigenvalue weighted by molar-refractivity contribution is 6.30. The average molecular weight is 432 g/mol. The number of carbonyl (C=O) groups excluding carboxylic acids is 1. The van der Waals surface area contributed by atoms with Gasteiger partial charge in [-0.3, -0.25) is 4.79 Å². The van der Waals surface area contributed by atoms with E-state index in [1.54, 1.807) is 6.20 Å². The van der Waals surface area contributed by atoms with Gasteiger partial charge in [0.1, 0.15) is 5.75 Å². The third-order valence-corrected chi connectivity index (χ3v) is 4.08. The Morgan fingerprint density at radius 2 is 1.97 bits per heavy atom. The van der Waals surface area contributed by atoms with E-state index in [2.05, 4.69) is 24.0 Å². The first kappa shape index (κ1) is 25.2. The van der Waals surface area contributed by atoms with E-state index in [1.165, 1.54) is 12.7 Å². The number of halogens is 1. The molecule has 0 bridgehead atoms. The Labute approximate surface area is 184 Å². The number of nitrogens with zero attached hydrogens (tertiary/aromatic N) is 2. The fourth-order valence-corrected chi connectivity index (χ4v) is 2.67. The second-order valence-corrected chi connectivity index (χ2v) is 6.73. The molecule has 2 aromatic carbocycles. The molecule has 0 aliphatic heterocycles. The minimum Gasteiger partial charge on any atom is -0.494 e. The number of rotatable bonds is 9. The summed E-state index contributed by atoms with van der Waals surface area (Å²) in [4.78, 5) is 16.7. The zero-order valence-electron chi connectivity index (χ0n) is 18.0. The van der Waals surface area contributed by atoms with Crippen LogP contribution < -0.4 is 10.1 Å². The van der Waals surface area contributed by atoms with E-state index < -0.39 is 5.91 Å². The number of ether oxygens (including phenoxy) is 2. The number of methoxy groups -OCH3 is 1. The van der Waals surface area contributed by atoms with Gasteiger partial charge in [0.25, 0.3) is 0 Å². The van der Waals surface area contributed by atoms with Crippen LogP contribution in [0.25, 0.3) is 0 Å². The predicted octanol–water partition coefficient (Wildman–Crippen LogP) is 4.43. The van der Waals surface area contributed by atoms with Crippen LogP contribution in [0.1, 0.15) is 18.1 Å². The number of hydrogen-bond acceptors (Lipinski definition) is 5. The molecule has 30 heavy (non-hydrogen) atoms. The lowest BCUT2D eigenvalue weighted by Gasteiger charge is -2.21. The van der Waals surface area contributed by atoms with E-state index in [-0.39, 0.29) is 5.76 Å². The highest BCUT2D eigenvalue weighted by Gasteiger charge is 2.10. The second kappa shape index (κ2) is 14.2. The fraction of sp³-hybridized carbons (Fsp3) is 0.304. The van der Waals surface area contributed by atoms with Crippen molar-refractivity contribution in [2.24, 2.45) is 4.99 Å². The molecule has 1 N–H and O–H groups in total. The molecule has 0 aliphatic carbocycles. The summed E-state index contributed by atoms with van der Waals surface area (Å²) >= 11 is 5.96. The first-order chi connectivity index (χ1) is 14.4. The van der Waals surface area contributed by atoms with Crippen molar-refractivity contribution in [1.82, 2.24) is 10.2 Å². The van der Waals surface area contributed by atoms with E-state index in [1.807, 2.05) is 67.4 Å². The molecular weight excluding hydrogens is 402 g/mol. The lowest BCUT2D eigenvalue weighted by molar-refractivity contribution is -0.117. The normalized spacial score (nSPS) is 10.5. The first-order valence-corrected chi connectivity index (χ1v) is 9.90. The third kappa shape index (κ3) is 9.58. The number of aryl methyl sites for hydroxylation is 1. The molecule has 2 rings (SSSR count). The zero-order valence-corrected chi connectivity index (χ0v) is 18.8. The van der Waals surface area contributed by atoms with Gasteiger partial charge in [0, 0.05) is 17.8 Å². The Kier molecular flexibility index (Phi) is 11.9. The van der Waals surface area contributed by atoms with Gasteiger partial charge in [0.2, 0.25) is 5.76 Å². The van der Waals surface area contributed by atoms with Crippen molar-refractivity contribution in [3.05, 3.63) is 76.6 Å². The molecule has 0 heterocycles. The molecule has 162 valence electrons. The molecule has 0 unspecified atom stereocenters. The molecule has 0 atom stereocenters. The molecule has 0 aromatic heterocycles. The van der Waals surface area contributed by atoms with E-state index in [9.17, 15) is 4.79 Å². The van der Waals surface area contributed by atoms with E-state index in [0.29, 0.717) is 18.2 Å². The van der Waals surface area contributed by atoms with Crippen molar-refractivity contribution < 1.29 is 14.3 Å². The van der Waals surface area contributed by atoms with Crippen molar-refractivity contribution in [3.63, 3.8) is 0 Å². The van der Waals surface area contributed by atoms with E-state index >= 15 is 0 Å². The molecule has 1 amide bonds. The second-order valence-electron chi connectivity index (χ2n) is 6.30. The highest BCUT2D eigenvalue weighted by atomic mass is 35.5. The van der Waals surface area contributed by atoms with Crippen LogP contribution in [0.3, 0.4) is 0 Å². The third-order valence-electron chi connectivity index (χ3n) is 3.84. The van der Waals surface area contributed by atoms with Gasteiger partial charge in [-0.1, -0.05) is 41.4 Å². The number of hydrogen-bond donors (Lipinski definition) is 1. The summed E-state index contributed by atoms with van der Waals surface area (Å²) in [5.41, 5.74) is 2.29. The van der Waals surface area contributed by atoms with Gasteiger partial charge in [0.05, 0.1) is 20.4 Å². The number of carbonyl (C=O) groups is 1. The summed E-state index contributed by atoms with van der Waals surface area (Å²) in [5.74, 6) is 0.588. The molecular formula is C23H30ClN3O3. The van der Waals surface area contributed by atoms with Crippen LogP contribution in [0.15, 0.2) is 65.5 Å². The SMILES string of the molecule is C=NC(=O)/C(=C\N(CNC)Cc1cccc(Cl)c1)OC.CCOc1ccc(C)cc1. The van der Waals surface area contributed by atoms with Crippen LogP contribution in [-0.4, -0.2) is 45.0 Å². The fourth-order valence-electron chi connectivity index (χ4n) is 2.46. The maximum Gasteiger partial charge on any atom is 0.312 e. The van der Waals surface area contributed by atoms with Crippen molar-refractivity contribution in [1.29, 1.82) is 0 Å². The predicted molar refractivity (Wildman–Crippen MR) is 123 cm³/mol. The molecule has 2 aromatic rings. The monoisotopic (exact) mass is 431 g/mol. The zero-order chi connectivity index (χ0) is 22.4. The number of benzene rings is 2. The van der Waals surface area contributed by atoms with Gasteiger partial charge in [-0.2, -0.15) is 0 Å². The van der Waals surface area contributed by atoms with Crippen molar-refractivity contribution in [2.45, 2.75) is 20.4 Å². The lowest BCUT2D eigenvalue weighted by Crippen LogP contribution is -2.28. The lowest BCUT2D eigenvalue weighted by atomic mass is 10.2. The van der Waals surface area contributed by atoms with Gasteiger partial charge in [-0.15, -0.1) is 0 Å². The van der Waals surface area contributed by atoms with Gasteiger partial charge in [-0.25, -0.2) is 4.99 Å². The van der Waals surface area contributed by atoms with Crippen LogP contribution in [0.5, 0.6) is 5.75 Å². The summed E-state index contributed by atoms with van der Waals surface area (Å²) in [6, 6.07) is 15.6. The van der Waals surface area contributed by atoms with E-state index in [0.717, 1.165) is 17.9 Å². The summed E-state index contributed by atoms with van der Waals surface area (Å²) < 4.78 is 10.3. The summed E-state index contributed by atoms with van der Waals surface area (Å²) in [7, 11) is 3.24. The Morgan fingerprint density at radius 1 is 1.27 bits per heavy atom. The van der Waals surface area contributed by atoms with Gasteiger partial charge in [-0.05, 0) is 57.4 Å².